The van der Waals surface area contributed by atoms with Crippen molar-refractivity contribution >= 4 is 23.1 Å². The van der Waals surface area contributed by atoms with E-state index < -0.39 is 0 Å². The van der Waals surface area contributed by atoms with Crippen molar-refractivity contribution < 1.29 is 14.3 Å². The minimum absolute atomic E-state index is 0.259. The van der Waals surface area contributed by atoms with Crippen molar-refractivity contribution in [3.05, 3.63) is 66.6 Å². The molecule has 7 heteroatoms. The average Bonchev–Trinajstić information content (AvgIpc) is 2.70. The number of hydrogen-bond acceptors (Lipinski definition) is 6. The van der Waals surface area contributed by atoms with Crippen molar-refractivity contribution in [3.8, 4) is 11.5 Å². The highest BCUT2D eigenvalue weighted by molar-refractivity contribution is 6.03. The van der Waals surface area contributed by atoms with Gasteiger partial charge in [0.2, 0.25) is 0 Å². The van der Waals surface area contributed by atoms with Crippen molar-refractivity contribution in [1.29, 1.82) is 0 Å². The molecule has 1 heterocycles. The van der Waals surface area contributed by atoms with Crippen molar-refractivity contribution in [2.45, 2.75) is 6.92 Å². The Balaban J connectivity index is 1.67. The first-order chi connectivity index (χ1) is 13.2. The molecule has 0 aliphatic rings. The van der Waals surface area contributed by atoms with E-state index in [1.165, 1.54) is 6.33 Å². The third kappa shape index (κ3) is 4.94. The van der Waals surface area contributed by atoms with E-state index in [4.69, 9.17) is 9.47 Å². The zero-order valence-electron chi connectivity index (χ0n) is 15.1. The molecule has 2 aromatic carbocycles. The molecule has 138 valence electrons. The average molecular weight is 364 g/mol. The monoisotopic (exact) mass is 364 g/mol. The topological polar surface area (TPSA) is 85.4 Å². The quantitative estimate of drug-likeness (QED) is 0.662. The van der Waals surface area contributed by atoms with Gasteiger partial charge in [-0.2, -0.15) is 0 Å². The van der Waals surface area contributed by atoms with E-state index in [-0.39, 0.29) is 11.6 Å². The third-order valence-electron chi connectivity index (χ3n) is 3.69. The van der Waals surface area contributed by atoms with Gasteiger partial charge >= 0.3 is 0 Å². The number of rotatable bonds is 7. The van der Waals surface area contributed by atoms with Gasteiger partial charge in [0.05, 0.1) is 13.7 Å². The Morgan fingerprint density at radius 1 is 0.963 bits per heavy atom. The second-order valence-electron chi connectivity index (χ2n) is 5.55. The standard InChI is InChI=1S/C20H20N4O3/c1-3-27-17-10-6-14(7-11-17)23-19-12-18(21-13-22-19)20(25)24-15-4-8-16(26-2)9-5-15/h4-13H,3H2,1-2H3,(H,24,25)(H,21,22,23). The molecule has 0 unspecified atom stereocenters. The van der Waals surface area contributed by atoms with Gasteiger partial charge in [0.1, 0.15) is 29.3 Å². The van der Waals surface area contributed by atoms with Crippen LogP contribution in [0.2, 0.25) is 0 Å². The summed E-state index contributed by atoms with van der Waals surface area (Å²) < 4.78 is 10.5. The van der Waals surface area contributed by atoms with E-state index >= 15 is 0 Å². The maximum Gasteiger partial charge on any atom is 0.274 e. The largest absolute Gasteiger partial charge is 0.497 e. The summed E-state index contributed by atoms with van der Waals surface area (Å²) in [5.41, 5.74) is 1.74. The van der Waals surface area contributed by atoms with E-state index in [9.17, 15) is 4.79 Å². The SMILES string of the molecule is CCOc1ccc(Nc2cc(C(=O)Nc3ccc(OC)cc3)ncn2)cc1. The molecular formula is C20H20N4O3. The molecule has 7 nitrogen and oxygen atoms in total. The van der Waals surface area contributed by atoms with Gasteiger partial charge in [-0.15, -0.1) is 0 Å². The van der Waals surface area contributed by atoms with E-state index in [1.807, 2.05) is 31.2 Å². The molecule has 1 amide bonds. The number of carbonyl (C=O) groups excluding carboxylic acids is 1. The number of anilines is 3. The van der Waals surface area contributed by atoms with Gasteiger partial charge in [-0.25, -0.2) is 9.97 Å². The van der Waals surface area contributed by atoms with Crippen molar-refractivity contribution in [3.63, 3.8) is 0 Å². The molecular weight excluding hydrogens is 344 g/mol. The lowest BCUT2D eigenvalue weighted by Gasteiger charge is -2.09. The minimum atomic E-state index is -0.322. The van der Waals surface area contributed by atoms with E-state index in [0.717, 1.165) is 17.2 Å². The fraction of sp³-hybridized carbons (Fsp3) is 0.150. The van der Waals surface area contributed by atoms with Crippen LogP contribution in [0.1, 0.15) is 17.4 Å². The van der Waals surface area contributed by atoms with Crippen molar-refractivity contribution in [2.24, 2.45) is 0 Å². The van der Waals surface area contributed by atoms with Gasteiger partial charge in [0, 0.05) is 17.4 Å². The predicted molar refractivity (Wildman–Crippen MR) is 104 cm³/mol. The van der Waals surface area contributed by atoms with Crippen molar-refractivity contribution in [1.82, 2.24) is 9.97 Å². The van der Waals surface area contributed by atoms with Crippen LogP contribution in [-0.2, 0) is 0 Å². The lowest BCUT2D eigenvalue weighted by molar-refractivity contribution is 0.102. The third-order valence-corrected chi connectivity index (χ3v) is 3.69. The van der Waals surface area contributed by atoms with Gasteiger partial charge in [-0.1, -0.05) is 0 Å². The molecule has 0 saturated carbocycles. The highest BCUT2D eigenvalue weighted by atomic mass is 16.5. The first-order valence-corrected chi connectivity index (χ1v) is 8.45. The number of aromatic nitrogens is 2. The lowest BCUT2D eigenvalue weighted by Crippen LogP contribution is -2.14. The molecule has 0 bridgehead atoms. The highest BCUT2D eigenvalue weighted by Gasteiger charge is 2.10. The first kappa shape index (κ1) is 18.2. The van der Waals surface area contributed by atoms with Crippen LogP contribution in [0.5, 0.6) is 11.5 Å². The summed E-state index contributed by atoms with van der Waals surface area (Å²) in [5.74, 6) is 1.72. The van der Waals surface area contributed by atoms with E-state index in [1.54, 1.807) is 37.4 Å². The number of methoxy groups -OCH3 is 1. The van der Waals surface area contributed by atoms with E-state index in [2.05, 4.69) is 20.6 Å². The van der Waals surface area contributed by atoms with Gasteiger partial charge in [-0.05, 0) is 55.5 Å². The summed E-state index contributed by atoms with van der Waals surface area (Å²) in [6.07, 6.45) is 1.35. The summed E-state index contributed by atoms with van der Waals surface area (Å²) >= 11 is 0. The molecule has 1 aromatic heterocycles. The van der Waals surface area contributed by atoms with Gasteiger partial charge in [0.25, 0.3) is 5.91 Å². The zero-order valence-corrected chi connectivity index (χ0v) is 15.1. The summed E-state index contributed by atoms with van der Waals surface area (Å²) in [7, 11) is 1.59. The molecule has 0 radical (unpaired) electrons. The van der Waals surface area contributed by atoms with Crippen LogP contribution in [0.15, 0.2) is 60.9 Å². The van der Waals surface area contributed by atoms with Crippen molar-refractivity contribution in [2.75, 3.05) is 24.4 Å². The fourth-order valence-electron chi connectivity index (χ4n) is 2.37. The zero-order chi connectivity index (χ0) is 19.1. The van der Waals surface area contributed by atoms with Crippen LogP contribution in [0, 0.1) is 0 Å². The van der Waals surface area contributed by atoms with Crippen LogP contribution in [0.3, 0.4) is 0 Å². The second-order valence-corrected chi connectivity index (χ2v) is 5.55. The smallest absolute Gasteiger partial charge is 0.274 e. The predicted octanol–water partition coefficient (Wildman–Crippen LogP) is 3.88. The maximum absolute atomic E-state index is 12.4. The first-order valence-electron chi connectivity index (χ1n) is 8.45. The molecule has 0 fully saturated rings. The molecule has 27 heavy (non-hydrogen) atoms. The molecule has 0 spiro atoms. The molecule has 2 N–H and O–H groups in total. The van der Waals surface area contributed by atoms with Gasteiger partial charge < -0.3 is 20.1 Å². The summed E-state index contributed by atoms with van der Waals surface area (Å²) in [4.78, 5) is 20.6. The number of nitrogens with zero attached hydrogens (tertiary/aromatic N) is 2. The van der Waals surface area contributed by atoms with Gasteiger partial charge in [0.15, 0.2) is 0 Å². The Morgan fingerprint density at radius 2 is 1.63 bits per heavy atom. The summed E-state index contributed by atoms with van der Waals surface area (Å²) in [6.45, 7) is 2.55. The van der Waals surface area contributed by atoms with E-state index in [0.29, 0.717) is 18.1 Å². The fourth-order valence-corrected chi connectivity index (χ4v) is 2.37. The highest BCUT2D eigenvalue weighted by Crippen LogP contribution is 2.20. The number of benzene rings is 2. The Kier molecular flexibility index (Phi) is 5.84. The number of nitrogens with one attached hydrogen (secondary N) is 2. The Hall–Kier alpha value is -3.61. The summed E-state index contributed by atoms with van der Waals surface area (Å²) in [6, 6.07) is 16.1. The van der Waals surface area contributed by atoms with Gasteiger partial charge in [-0.3, -0.25) is 4.79 Å². The Morgan fingerprint density at radius 3 is 2.30 bits per heavy atom. The Bertz CT molecular complexity index is 896. The van der Waals surface area contributed by atoms with Crippen LogP contribution >= 0.6 is 0 Å². The lowest BCUT2D eigenvalue weighted by atomic mass is 10.2. The molecule has 3 rings (SSSR count). The maximum atomic E-state index is 12.4. The number of ether oxygens (including phenoxy) is 2. The van der Waals surface area contributed by atoms with Crippen LogP contribution < -0.4 is 20.1 Å². The normalized spacial score (nSPS) is 10.1. The molecule has 0 aliphatic heterocycles. The second kappa shape index (κ2) is 8.66. The molecule has 0 aliphatic carbocycles. The molecule has 0 atom stereocenters. The Labute approximate surface area is 157 Å². The number of carbonyl (C=O) groups is 1. The minimum Gasteiger partial charge on any atom is -0.497 e. The van der Waals surface area contributed by atoms with Crippen LogP contribution in [-0.4, -0.2) is 29.6 Å². The molecule has 0 saturated heterocycles. The number of amides is 1. The summed E-state index contributed by atoms with van der Waals surface area (Å²) in [5, 5.41) is 5.94. The van der Waals surface area contributed by atoms with Crippen LogP contribution in [0.4, 0.5) is 17.2 Å². The van der Waals surface area contributed by atoms with Crippen LogP contribution in [0.25, 0.3) is 0 Å². The number of hydrogen-bond donors (Lipinski definition) is 2. The molecule has 3 aromatic rings.